The SMILES string of the molecule is C#CCCNC1CCC(=O)NC1. The number of carbonyl (C=O) groups excluding carboxylic acids is 1. The van der Waals surface area contributed by atoms with Gasteiger partial charge in [0, 0.05) is 32.0 Å². The summed E-state index contributed by atoms with van der Waals surface area (Å²) in [6.07, 6.45) is 7.42. The van der Waals surface area contributed by atoms with Gasteiger partial charge in [0.15, 0.2) is 0 Å². The van der Waals surface area contributed by atoms with Gasteiger partial charge in [-0.05, 0) is 6.42 Å². The van der Waals surface area contributed by atoms with Crippen molar-refractivity contribution in [3.8, 4) is 12.3 Å². The Morgan fingerprint density at radius 2 is 2.58 bits per heavy atom. The lowest BCUT2D eigenvalue weighted by Crippen LogP contribution is -2.45. The molecule has 0 radical (unpaired) electrons. The van der Waals surface area contributed by atoms with Crippen LogP contribution in [-0.4, -0.2) is 25.0 Å². The second-order valence-corrected chi connectivity index (χ2v) is 2.95. The second-order valence-electron chi connectivity index (χ2n) is 2.95. The molecule has 12 heavy (non-hydrogen) atoms. The molecule has 0 aromatic heterocycles. The summed E-state index contributed by atoms with van der Waals surface area (Å²) in [4.78, 5) is 10.8. The number of hydrogen-bond donors (Lipinski definition) is 2. The summed E-state index contributed by atoms with van der Waals surface area (Å²) in [6, 6.07) is 0.413. The Morgan fingerprint density at radius 3 is 3.17 bits per heavy atom. The van der Waals surface area contributed by atoms with Crippen LogP contribution in [0.25, 0.3) is 0 Å². The minimum Gasteiger partial charge on any atom is -0.355 e. The van der Waals surface area contributed by atoms with Crippen LogP contribution in [0.15, 0.2) is 0 Å². The van der Waals surface area contributed by atoms with E-state index in [2.05, 4.69) is 16.6 Å². The maximum Gasteiger partial charge on any atom is 0.220 e. The maximum atomic E-state index is 10.8. The first-order valence-corrected chi connectivity index (χ1v) is 4.26. The van der Waals surface area contributed by atoms with Crippen LogP contribution in [0, 0.1) is 12.3 Å². The smallest absolute Gasteiger partial charge is 0.220 e. The highest BCUT2D eigenvalue weighted by Gasteiger charge is 2.16. The van der Waals surface area contributed by atoms with Crippen LogP contribution in [0.2, 0.25) is 0 Å². The van der Waals surface area contributed by atoms with Crippen molar-refractivity contribution >= 4 is 5.91 Å². The molecule has 1 aliphatic rings. The predicted molar refractivity (Wildman–Crippen MR) is 47.5 cm³/mol. The first kappa shape index (κ1) is 9.08. The van der Waals surface area contributed by atoms with Crippen molar-refractivity contribution < 1.29 is 4.79 Å². The molecular weight excluding hydrogens is 152 g/mol. The molecule has 0 saturated carbocycles. The summed E-state index contributed by atoms with van der Waals surface area (Å²) in [5, 5.41) is 6.09. The fourth-order valence-electron chi connectivity index (χ4n) is 1.26. The van der Waals surface area contributed by atoms with Crippen LogP contribution in [0.5, 0.6) is 0 Å². The minimum absolute atomic E-state index is 0.157. The first-order chi connectivity index (χ1) is 5.83. The monoisotopic (exact) mass is 166 g/mol. The van der Waals surface area contributed by atoms with Crippen LogP contribution in [-0.2, 0) is 4.79 Å². The molecule has 66 valence electrons. The molecule has 0 aromatic carbocycles. The van der Waals surface area contributed by atoms with Crippen LogP contribution < -0.4 is 10.6 Å². The highest BCUT2D eigenvalue weighted by Crippen LogP contribution is 2.01. The van der Waals surface area contributed by atoms with Gasteiger partial charge in [-0.15, -0.1) is 12.3 Å². The predicted octanol–water partition coefficient (Wildman–Crippen LogP) is -0.122. The van der Waals surface area contributed by atoms with Crippen LogP contribution >= 0.6 is 0 Å². The molecule has 0 spiro atoms. The van der Waals surface area contributed by atoms with E-state index >= 15 is 0 Å². The lowest BCUT2D eigenvalue weighted by atomic mass is 10.1. The van der Waals surface area contributed by atoms with Gasteiger partial charge in [0.1, 0.15) is 0 Å². The Morgan fingerprint density at radius 1 is 1.75 bits per heavy atom. The summed E-state index contributed by atoms with van der Waals surface area (Å²) in [6.45, 7) is 1.58. The summed E-state index contributed by atoms with van der Waals surface area (Å²) in [5.74, 6) is 2.72. The summed E-state index contributed by atoms with van der Waals surface area (Å²) in [7, 11) is 0. The minimum atomic E-state index is 0.157. The number of carbonyl (C=O) groups is 1. The molecule has 1 atom stereocenters. The van der Waals surface area contributed by atoms with Gasteiger partial charge in [-0.2, -0.15) is 0 Å². The van der Waals surface area contributed by atoms with E-state index in [-0.39, 0.29) is 5.91 Å². The zero-order valence-electron chi connectivity index (χ0n) is 7.10. The van der Waals surface area contributed by atoms with Crippen molar-refractivity contribution in [2.45, 2.75) is 25.3 Å². The van der Waals surface area contributed by atoms with E-state index in [1.54, 1.807) is 0 Å². The number of piperidine rings is 1. The molecule has 1 saturated heterocycles. The van der Waals surface area contributed by atoms with E-state index in [1.807, 2.05) is 0 Å². The highest BCUT2D eigenvalue weighted by atomic mass is 16.1. The van der Waals surface area contributed by atoms with Crippen molar-refractivity contribution in [1.29, 1.82) is 0 Å². The van der Waals surface area contributed by atoms with Gasteiger partial charge in [0.05, 0.1) is 0 Å². The largest absolute Gasteiger partial charge is 0.355 e. The van der Waals surface area contributed by atoms with Crippen molar-refractivity contribution in [2.24, 2.45) is 0 Å². The molecule has 1 amide bonds. The van der Waals surface area contributed by atoms with E-state index in [9.17, 15) is 4.79 Å². The van der Waals surface area contributed by atoms with Crippen LogP contribution in [0.4, 0.5) is 0 Å². The van der Waals surface area contributed by atoms with Gasteiger partial charge in [-0.1, -0.05) is 0 Å². The van der Waals surface area contributed by atoms with Crippen molar-refractivity contribution in [1.82, 2.24) is 10.6 Å². The molecule has 2 N–H and O–H groups in total. The molecule has 0 bridgehead atoms. The zero-order valence-corrected chi connectivity index (χ0v) is 7.10. The highest BCUT2D eigenvalue weighted by molar-refractivity contribution is 5.76. The Hall–Kier alpha value is -1.01. The molecule has 1 unspecified atom stereocenters. The second kappa shape index (κ2) is 4.78. The average molecular weight is 166 g/mol. The molecule has 1 aliphatic heterocycles. The molecule has 0 aromatic rings. The van der Waals surface area contributed by atoms with Crippen molar-refractivity contribution in [2.75, 3.05) is 13.1 Å². The third kappa shape index (κ3) is 2.93. The quantitative estimate of drug-likeness (QED) is 0.453. The number of nitrogens with one attached hydrogen (secondary N) is 2. The number of terminal acetylenes is 1. The molecule has 1 heterocycles. The fraction of sp³-hybridized carbons (Fsp3) is 0.667. The summed E-state index contributed by atoms with van der Waals surface area (Å²) < 4.78 is 0. The van der Waals surface area contributed by atoms with E-state index in [0.717, 1.165) is 25.9 Å². The normalized spacial score (nSPS) is 22.9. The third-order valence-corrected chi connectivity index (χ3v) is 1.97. The Balaban J connectivity index is 2.10. The molecule has 1 rings (SSSR count). The first-order valence-electron chi connectivity index (χ1n) is 4.26. The summed E-state index contributed by atoms with van der Waals surface area (Å²) >= 11 is 0. The Labute approximate surface area is 72.9 Å². The standard InChI is InChI=1S/C9H14N2O/c1-2-3-6-10-8-4-5-9(12)11-7-8/h1,8,10H,3-7H2,(H,11,12). The Kier molecular flexibility index (Phi) is 3.62. The number of rotatable bonds is 3. The Bertz CT molecular complexity index is 185. The van der Waals surface area contributed by atoms with Crippen LogP contribution in [0.3, 0.4) is 0 Å². The van der Waals surface area contributed by atoms with E-state index < -0.39 is 0 Å². The zero-order chi connectivity index (χ0) is 8.81. The lowest BCUT2D eigenvalue weighted by Gasteiger charge is -2.22. The van der Waals surface area contributed by atoms with Gasteiger partial charge < -0.3 is 10.6 Å². The topological polar surface area (TPSA) is 41.1 Å². The number of amides is 1. The summed E-state index contributed by atoms with van der Waals surface area (Å²) in [5.41, 5.74) is 0. The lowest BCUT2D eigenvalue weighted by molar-refractivity contribution is -0.122. The van der Waals surface area contributed by atoms with Gasteiger partial charge >= 0.3 is 0 Å². The van der Waals surface area contributed by atoms with E-state index in [1.165, 1.54) is 0 Å². The van der Waals surface area contributed by atoms with Gasteiger partial charge in [-0.25, -0.2) is 0 Å². The third-order valence-electron chi connectivity index (χ3n) is 1.97. The van der Waals surface area contributed by atoms with Gasteiger partial charge in [-0.3, -0.25) is 4.79 Å². The van der Waals surface area contributed by atoms with Gasteiger partial charge in [0.2, 0.25) is 5.91 Å². The molecule has 3 heteroatoms. The van der Waals surface area contributed by atoms with E-state index in [4.69, 9.17) is 6.42 Å². The van der Waals surface area contributed by atoms with Crippen molar-refractivity contribution in [3.63, 3.8) is 0 Å². The maximum absolute atomic E-state index is 10.8. The van der Waals surface area contributed by atoms with Crippen molar-refractivity contribution in [3.05, 3.63) is 0 Å². The van der Waals surface area contributed by atoms with E-state index in [0.29, 0.717) is 12.5 Å². The molecular formula is C9H14N2O. The van der Waals surface area contributed by atoms with Gasteiger partial charge in [0.25, 0.3) is 0 Å². The molecule has 3 nitrogen and oxygen atoms in total. The number of hydrogen-bond acceptors (Lipinski definition) is 2. The average Bonchev–Trinajstić information content (AvgIpc) is 2.09. The fourth-order valence-corrected chi connectivity index (χ4v) is 1.26. The van der Waals surface area contributed by atoms with Crippen LogP contribution in [0.1, 0.15) is 19.3 Å². The molecule has 0 aliphatic carbocycles. The molecule has 1 fully saturated rings.